The van der Waals surface area contributed by atoms with Gasteiger partial charge in [0, 0.05) is 18.3 Å². The normalized spacial score (nSPS) is 10.0. The standard InChI is InChI=1S/C16H16N2O4/c1-2-17(13-8-4-3-5-9-13)16(19)12-22-15-11-7-6-10-14(15)18(20)21/h3-11H,2,12H2,1H3. The predicted octanol–water partition coefficient (Wildman–Crippen LogP) is 3.03. The number of hydrogen-bond donors (Lipinski definition) is 0. The molecule has 2 aromatic carbocycles. The summed E-state index contributed by atoms with van der Waals surface area (Å²) in [7, 11) is 0. The average molecular weight is 300 g/mol. The Bertz CT molecular complexity index is 658. The number of nitrogens with zero attached hydrogens (tertiary/aromatic N) is 2. The molecule has 0 radical (unpaired) electrons. The maximum atomic E-state index is 12.3. The van der Waals surface area contributed by atoms with Crippen molar-refractivity contribution in [1.29, 1.82) is 0 Å². The van der Waals surface area contributed by atoms with E-state index in [0.717, 1.165) is 5.69 Å². The van der Waals surface area contributed by atoms with Gasteiger partial charge in [0.2, 0.25) is 0 Å². The van der Waals surface area contributed by atoms with Crippen molar-refractivity contribution < 1.29 is 14.5 Å². The molecule has 0 atom stereocenters. The number of hydrogen-bond acceptors (Lipinski definition) is 4. The van der Waals surface area contributed by atoms with Crippen LogP contribution in [0.4, 0.5) is 11.4 Å². The predicted molar refractivity (Wildman–Crippen MR) is 83.1 cm³/mol. The van der Waals surface area contributed by atoms with Gasteiger partial charge in [-0.3, -0.25) is 14.9 Å². The fourth-order valence-corrected chi connectivity index (χ4v) is 2.06. The summed E-state index contributed by atoms with van der Waals surface area (Å²) in [6, 6.07) is 15.2. The first kappa shape index (κ1) is 15.5. The number of carbonyl (C=O) groups excluding carboxylic acids is 1. The van der Waals surface area contributed by atoms with Crippen LogP contribution in [0.3, 0.4) is 0 Å². The minimum Gasteiger partial charge on any atom is -0.477 e. The highest BCUT2D eigenvalue weighted by atomic mass is 16.6. The number of anilines is 1. The molecule has 6 heteroatoms. The molecule has 0 aromatic heterocycles. The lowest BCUT2D eigenvalue weighted by Crippen LogP contribution is -2.34. The fourth-order valence-electron chi connectivity index (χ4n) is 2.06. The second-order valence-electron chi connectivity index (χ2n) is 4.49. The molecule has 0 bridgehead atoms. The Balaban J connectivity index is 2.08. The summed E-state index contributed by atoms with van der Waals surface area (Å²) < 4.78 is 5.33. The van der Waals surface area contributed by atoms with Crippen LogP contribution in [-0.2, 0) is 4.79 Å². The van der Waals surface area contributed by atoms with E-state index in [9.17, 15) is 14.9 Å². The Kier molecular flexibility index (Phi) is 5.08. The van der Waals surface area contributed by atoms with Gasteiger partial charge in [-0.25, -0.2) is 0 Å². The zero-order valence-electron chi connectivity index (χ0n) is 12.1. The molecule has 114 valence electrons. The number of likely N-dealkylation sites (N-methyl/N-ethyl adjacent to an activating group) is 1. The summed E-state index contributed by atoms with van der Waals surface area (Å²) in [5, 5.41) is 10.9. The van der Waals surface area contributed by atoms with Crippen LogP contribution in [0, 0.1) is 10.1 Å². The quantitative estimate of drug-likeness (QED) is 0.607. The Morgan fingerprint density at radius 3 is 2.41 bits per heavy atom. The molecular formula is C16H16N2O4. The van der Waals surface area contributed by atoms with Crippen LogP contribution in [0.25, 0.3) is 0 Å². The maximum absolute atomic E-state index is 12.3. The maximum Gasteiger partial charge on any atom is 0.310 e. The van der Waals surface area contributed by atoms with Crippen LogP contribution in [-0.4, -0.2) is 24.0 Å². The van der Waals surface area contributed by atoms with Crippen LogP contribution < -0.4 is 9.64 Å². The molecule has 22 heavy (non-hydrogen) atoms. The number of para-hydroxylation sites is 3. The zero-order valence-corrected chi connectivity index (χ0v) is 12.1. The van der Waals surface area contributed by atoms with Crippen LogP contribution in [0.2, 0.25) is 0 Å². The molecule has 2 rings (SSSR count). The molecule has 1 amide bonds. The van der Waals surface area contributed by atoms with Gasteiger partial charge in [0.15, 0.2) is 12.4 Å². The monoisotopic (exact) mass is 300 g/mol. The van der Waals surface area contributed by atoms with Gasteiger partial charge in [0.25, 0.3) is 5.91 Å². The Morgan fingerprint density at radius 2 is 1.77 bits per heavy atom. The summed E-state index contributed by atoms with van der Waals surface area (Å²) >= 11 is 0. The Morgan fingerprint density at radius 1 is 1.14 bits per heavy atom. The van der Waals surface area contributed by atoms with E-state index < -0.39 is 4.92 Å². The average Bonchev–Trinajstić information content (AvgIpc) is 2.55. The van der Waals surface area contributed by atoms with Gasteiger partial charge in [0.1, 0.15) is 0 Å². The second kappa shape index (κ2) is 7.21. The lowest BCUT2D eigenvalue weighted by atomic mass is 10.3. The van der Waals surface area contributed by atoms with Crippen molar-refractivity contribution in [3.63, 3.8) is 0 Å². The van der Waals surface area contributed by atoms with Gasteiger partial charge >= 0.3 is 5.69 Å². The largest absolute Gasteiger partial charge is 0.477 e. The summed E-state index contributed by atoms with van der Waals surface area (Å²) in [5.41, 5.74) is 0.610. The van der Waals surface area contributed by atoms with Gasteiger partial charge in [-0.2, -0.15) is 0 Å². The molecule has 0 aliphatic rings. The van der Waals surface area contributed by atoms with Crippen molar-refractivity contribution in [1.82, 2.24) is 0 Å². The van der Waals surface area contributed by atoms with E-state index in [-0.39, 0.29) is 24.0 Å². The van der Waals surface area contributed by atoms with E-state index in [0.29, 0.717) is 6.54 Å². The van der Waals surface area contributed by atoms with Crippen LogP contribution in [0.1, 0.15) is 6.92 Å². The number of benzene rings is 2. The third-order valence-electron chi connectivity index (χ3n) is 3.10. The van der Waals surface area contributed by atoms with E-state index in [1.807, 2.05) is 37.3 Å². The summed E-state index contributed by atoms with van der Waals surface area (Å²) in [5.74, 6) is -0.170. The van der Waals surface area contributed by atoms with Gasteiger partial charge < -0.3 is 9.64 Å². The highest BCUT2D eigenvalue weighted by molar-refractivity contribution is 5.94. The third-order valence-corrected chi connectivity index (χ3v) is 3.10. The van der Waals surface area contributed by atoms with Crippen molar-refractivity contribution in [3.8, 4) is 5.75 Å². The van der Waals surface area contributed by atoms with Crippen molar-refractivity contribution >= 4 is 17.3 Å². The molecular weight excluding hydrogens is 284 g/mol. The van der Waals surface area contributed by atoms with Crippen molar-refractivity contribution in [2.45, 2.75) is 6.92 Å². The fraction of sp³-hybridized carbons (Fsp3) is 0.188. The molecule has 0 unspecified atom stereocenters. The number of rotatable bonds is 6. The van der Waals surface area contributed by atoms with Crippen LogP contribution in [0.5, 0.6) is 5.75 Å². The summed E-state index contributed by atoms with van der Waals surface area (Å²) in [6.07, 6.45) is 0. The highest BCUT2D eigenvalue weighted by Crippen LogP contribution is 2.26. The van der Waals surface area contributed by atoms with E-state index in [2.05, 4.69) is 0 Å². The van der Waals surface area contributed by atoms with E-state index >= 15 is 0 Å². The Labute approximate surface area is 128 Å². The SMILES string of the molecule is CCN(C(=O)COc1ccccc1[N+](=O)[O-])c1ccccc1. The highest BCUT2D eigenvalue weighted by Gasteiger charge is 2.18. The number of ether oxygens (including phenoxy) is 1. The van der Waals surface area contributed by atoms with Crippen molar-refractivity contribution in [2.75, 3.05) is 18.1 Å². The molecule has 0 fully saturated rings. The van der Waals surface area contributed by atoms with Gasteiger partial charge in [-0.05, 0) is 25.1 Å². The van der Waals surface area contributed by atoms with E-state index in [1.54, 1.807) is 17.0 Å². The molecule has 2 aromatic rings. The van der Waals surface area contributed by atoms with Gasteiger partial charge in [0.05, 0.1) is 4.92 Å². The summed E-state index contributed by atoms with van der Waals surface area (Å²) in [4.78, 5) is 24.2. The minimum absolute atomic E-state index is 0.0879. The second-order valence-corrected chi connectivity index (χ2v) is 4.49. The molecule has 0 aliphatic carbocycles. The number of nitro benzene ring substituents is 1. The number of carbonyl (C=O) groups is 1. The number of nitro groups is 1. The Hall–Kier alpha value is -2.89. The van der Waals surface area contributed by atoms with Crippen molar-refractivity contribution in [2.24, 2.45) is 0 Å². The third kappa shape index (κ3) is 3.60. The lowest BCUT2D eigenvalue weighted by molar-refractivity contribution is -0.385. The minimum atomic E-state index is -0.533. The molecule has 0 saturated heterocycles. The van der Waals surface area contributed by atoms with Crippen molar-refractivity contribution in [3.05, 3.63) is 64.7 Å². The molecule has 0 aliphatic heterocycles. The number of amides is 1. The topological polar surface area (TPSA) is 72.7 Å². The first-order chi connectivity index (χ1) is 10.6. The van der Waals surface area contributed by atoms with E-state index in [4.69, 9.17) is 4.74 Å². The molecule has 0 saturated carbocycles. The smallest absolute Gasteiger partial charge is 0.310 e. The first-order valence-electron chi connectivity index (χ1n) is 6.85. The van der Waals surface area contributed by atoms with E-state index in [1.165, 1.54) is 12.1 Å². The van der Waals surface area contributed by atoms with Crippen LogP contribution >= 0.6 is 0 Å². The van der Waals surface area contributed by atoms with Crippen LogP contribution in [0.15, 0.2) is 54.6 Å². The zero-order chi connectivity index (χ0) is 15.9. The first-order valence-corrected chi connectivity index (χ1v) is 6.85. The molecule has 0 heterocycles. The molecule has 0 spiro atoms. The summed E-state index contributed by atoms with van der Waals surface area (Å²) in [6.45, 7) is 2.09. The molecule has 6 nitrogen and oxygen atoms in total. The van der Waals surface area contributed by atoms with Gasteiger partial charge in [-0.1, -0.05) is 30.3 Å². The molecule has 0 N–H and O–H groups in total. The van der Waals surface area contributed by atoms with Gasteiger partial charge in [-0.15, -0.1) is 0 Å². The lowest BCUT2D eigenvalue weighted by Gasteiger charge is -2.21.